The van der Waals surface area contributed by atoms with Crippen LogP contribution in [-0.2, 0) is 5.54 Å². The molecule has 2 atom stereocenters. The molecule has 0 saturated heterocycles. The van der Waals surface area contributed by atoms with Crippen LogP contribution in [0, 0.1) is 0 Å². The topological polar surface area (TPSA) is 68.7 Å². The van der Waals surface area contributed by atoms with Crippen molar-refractivity contribution in [3.05, 3.63) is 59.5 Å². The lowest BCUT2D eigenvalue weighted by molar-refractivity contribution is 0.145. The third-order valence-corrected chi connectivity index (χ3v) is 6.84. The smallest absolute Gasteiger partial charge is 0.161 e. The standard InChI is InChI=1S/C23H29N5O/c1-27(2)23(13-5-6-14-23)22-26-25-21-12-9-16(15-28(21)22)29-20-11-10-19(24)17-7-3-4-8-18(17)20/h3-4,7-9,12,15,19-20H,5-6,10-11,13-14,24H2,1-2H3/t19-,20+/m0/s1. The maximum absolute atomic E-state index is 6.47. The van der Waals surface area contributed by atoms with Crippen LogP contribution < -0.4 is 10.5 Å². The number of rotatable bonds is 4. The van der Waals surface area contributed by atoms with Crippen molar-refractivity contribution in [2.75, 3.05) is 14.1 Å². The van der Waals surface area contributed by atoms with Crippen molar-refractivity contribution in [2.45, 2.75) is 56.2 Å². The zero-order valence-corrected chi connectivity index (χ0v) is 17.2. The van der Waals surface area contributed by atoms with Gasteiger partial charge in [0.05, 0.1) is 11.7 Å². The number of aromatic nitrogens is 3. The summed E-state index contributed by atoms with van der Waals surface area (Å²) in [7, 11) is 4.30. The lowest BCUT2D eigenvalue weighted by atomic mass is 9.86. The molecule has 6 nitrogen and oxygen atoms in total. The first kappa shape index (κ1) is 18.6. The van der Waals surface area contributed by atoms with Gasteiger partial charge >= 0.3 is 0 Å². The van der Waals surface area contributed by atoms with Gasteiger partial charge in [0.15, 0.2) is 11.5 Å². The molecular weight excluding hydrogens is 362 g/mol. The normalized spacial score (nSPS) is 23.4. The summed E-state index contributed by atoms with van der Waals surface area (Å²) < 4.78 is 8.60. The van der Waals surface area contributed by atoms with Crippen LogP contribution in [0.5, 0.6) is 5.75 Å². The van der Waals surface area contributed by atoms with Crippen molar-refractivity contribution in [1.29, 1.82) is 0 Å². The molecule has 0 radical (unpaired) electrons. The Morgan fingerprint density at radius 2 is 1.79 bits per heavy atom. The van der Waals surface area contributed by atoms with Gasteiger partial charge in [0.2, 0.25) is 0 Å². The van der Waals surface area contributed by atoms with Gasteiger partial charge in [-0.25, -0.2) is 0 Å². The van der Waals surface area contributed by atoms with E-state index in [0.29, 0.717) is 0 Å². The van der Waals surface area contributed by atoms with E-state index < -0.39 is 0 Å². The third kappa shape index (κ3) is 3.02. The fourth-order valence-corrected chi connectivity index (χ4v) is 5.16. The van der Waals surface area contributed by atoms with Crippen LogP contribution in [0.1, 0.15) is 67.6 Å². The van der Waals surface area contributed by atoms with Crippen LogP contribution in [-0.4, -0.2) is 33.6 Å². The summed E-state index contributed by atoms with van der Waals surface area (Å²) in [6.45, 7) is 0. The summed E-state index contributed by atoms with van der Waals surface area (Å²) in [5, 5.41) is 9.04. The fraction of sp³-hybridized carbons (Fsp3) is 0.478. The van der Waals surface area contributed by atoms with Crippen LogP contribution >= 0.6 is 0 Å². The molecule has 2 aliphatic carbocycles. The van der Waals surface area contributed by atoms with Crippen molar-refractivity contribution >= 4 is 5.65 Å². The van der Waals surface area contributed by atoms with Crippen molar-refractivity contribution in [3.8, 4) is 5.75 Å². The summed E-state index contributed by atoms with van der Waals surface area (Å²) in [4.78, 5) is 2.31. The SMILES string of the molecule is CN(C)C1(c2nnc3ccc(O[C@@H]4CC[C@H](N)c5ccccc54)cn23)CCCC1. The number of nitrogens with zero attached hydrogens (tertiary/aromatic N) is 4. The average molecular weight is 392 g/mol. The van der Waals surface area contributed by atoms with Crippen molar-refractivity contribution < 1.29 is 4.74 Å². The minimum absolute atomic E-state index is 0.0256. The number of pyridine rings is 1. The molecule has 0 aliphatic heterocycles. The van der Waals surface area contributed by atoms with E-state index in [1.807, 2.05) is 12.1 Å². The molecule has 2 N–H and O–H groups in total. The molecule has 0 spiro atoms. The van der Waals surface area contributed by atoms with Gasteiger partial charge in [-0.3, -0.25) is 9.30 Å². The Kier molecular flexibility index (Phi) is 4.56. The highest BCUT2D eigenvalue weighted by Crippen LogP contribution is 2.42. The third-order valence-electron chi connectivity index (χ3n) is 6.84. The summed E-state index contributed by atoms with van der Waals surface area (Å²) in [5.41, 5.74) is 9.53. The summed E-state index contributed by atoms with van der Waals surface area (Å²) >= 11 is 0. The van der Waals surface area contributed by atoms with E-state index >= 15 is 0 Å². The molecule has 0 bridgehead atoms. The second-order valence-corrected chi connectivity index (χ2v) is 8.67. The first-order chi connectivity index (χ1) is 14.1. The van der Waals surface area contributed by atoms with Crippen LogP contribution in [0.4, 0.5) is 0 Å². The average Bonchev–Trinajstić information content (AvgIpc) is 3.38. The Morgan fingerprint density at radius 1 is 1.03 bits per heavy atom. The molecule has 2 heterocycles. The van der Waals surface area contributed by atoms with Gasteiger partial charge in [-0.15, -0.1) is 10.2 Å². The van der Waals surface area contributed by atoms with Crippen LogP contribution in [0.2, 0.25) is 0 Å². The van der Waals surface area contributed by atoms with Crippen LogP contribution in [0.15, 0.2) is 42.6 Å². The molecule has 2 aromatic heterocycles. The number of hydrogen-bond acceptors (Lipinski definition) is 5. The summed E-state index contributed by atoms with van der Waals surface area (Å²) in [5.74, 6) is 1.87. The zero-order chi connectivity index (χ0) is 20.0. The number of nitrogens with two attached hydrogens (primary N) is 1. The highest BCUT2D eigenvalue weighted by Gasteiger charge is 2.41. The predicted octanol–water partition coefficient (Wildman–Crippen LogP) is 3.97. The molecule has 0 unspecified atom stereocenters. The van der Waals surface area contributed by atoms with Crippen LogP contribution in [0.25, 0.3) is 5.65 Å². The van der Waals surface area contributed by atoms with E-state index in [-0.39, 0.29) is 17.7 Å². The molecule has 29 heavy (non-hydrogen) atoms. The van der Waals surface area contributed by atoms with Gasteiger partial charge < -0.3 is 10.5 Å². The molecular formula is C23H29N5O. The first-order valence-corrected chi connectivity index (χ1v) is 10.6. The van der Waals surface area contributed by atoms with Gasteiger partial charge in [0, 0.05) is 6.04 Å². The maximum atomic E-state index is 6.47. The van der Waals surface area contributed by atoms with Crippen molar-refractivity contribution in [1.82, 2.24) is 19.5 Å². The Morgan fingerprint density at radius 3 is 2.55 bits per heavy atom. The predicted molar refractivity (Wildman–Crippen MR) is 113 cm³/mol. The second kappa shape index (κ2) is 7.11. The molecule has 0 amide bonds. The van der Waals surface area contributed by atoms with E-state index in [2.05, 4.69) is 64.1 Å². The minimum Gasteiger partial charge on any atom is -0.484 e. The monoisotopic (exact) mass is 391 g/mol. The Hall–Kier alpha value is -2.44. The minimum atomic E-state index is -0.0533. The number of fused-ring (bicyclic) bond motifs is 2. The van der Waals surface area contributed by atoms with Gasteiger partial charge in [-0.2, -0.15) is 0 Å². The number of hydrogen-bond donors (Lipinski definition) is 1. The van der Waals surface area contributed by atoms with Crippen LogP contribution in [0.3, 0.4) is 0 Å². The van der Waals surface area contributed by atoms with Gasteiger partial charge in [-0.05, 0) is 63.0 Å². The molecule has 5 rings (SSSR count). The summed E-state index contributed by atoms with van der Waals surface area (Å²) in [6, 6.07) is 12.5. The van der Waals surface area contributed by atoms with Crippen molar-refractivity contribution in [2.24, 2.45) is 5.73 Å². The van der Waals surface area contributed by atoms with E-state index in [9.17, 15) is 0 Å². The van der Waals surface area contributed by atoms with E-state index in [0.717, 1.165) is 42.9 Å². The number of benzene rings is 1. The van der Waals surface area contributed by atoms with Crippen molar-refractivity contribution in [3.63, 3.8) is 0 Å². The molecule has 1 fully saturated rings. The van der Waals surface area contributed by atoms with Gasteiger partial charge in [0.1, 0.15) is 11.9 Å². The largest absolute Gasteiger partial charge is 0.484 e. The van der Waals surface area contributed by atoms with E-state index in [1.54, 1.807) is 0 Å². The van der Waals surface area contributed by atoms with E-state index in [1.165, 1.54) is 24.0 Å². The first-order valence-electron chi connectivity index (χ1n) is 10.6. The molecule has 1 saturated carbocycles. The quantitative estimate of drug-likeness (QED) is 0.729. The maximum Gasteiger partial charge on any atom is 0.161 e. The Balaban J connectivity index is 1.51. The van der Waals surface area contributed by atoms with Gasteiger partial charge in [0.25, 0.3) is 0 Å². The highest BCUT2D eigenvalue weighted by molar-refractivity contribution is 5.43. The Bertz CT molecular complexity index is 1020. The number of ether oxygens (including phenoxy) is 1. The lowest BCUT2D eigenvalue weighted by Gasteiger charge is -2.34. The van der Waals surface area contributed by atoms with E-state index in [4.69, 9.17) is 10.5 Å². The second-order valence-electron chi connectivity index (χ2n) is 8.67. The van der Waals surface area contributed by atoms with Gasteiger partial charge in [-0.1, -0.05) is 37.1 Å². The Labute approximate surface area is 171 Å². The molecule has 6 heteroatoms. The summed E-state index contributed by atoms with van der Waals surface area (Å²) in [6.07, 6.45) is 8.62. The highest BCUT2D eigenvalue weighted by atomic mass is 16.5. The zero-order valence-electron chi connectivity index (χ0n) is 17.2. The molecule has 152 valence electrons. The molecule has 2 aliphatic rings. The fourth-order valence-electron chi connectivity index (χ4n) is 5.16. The molecule has 1 aromatic carbocycles. The molecule has 3 aromatic rings. The lowest BCUT2D eigenvalue weighted by Crippen LogP contribution is -2.40.